The van der Waals surface area contributed by atoms with Gasteiger partial charge in [-0.05, 0) is 41.5 Å². The van der Waals surface area contributed by atoms with Crippen LogP contribution < -0.4 is 0 Å². The van der Waals surface area contributed by atoms with Crippen LogP contribution in [0.4, 0.5) is 0 Å². The van der Waals surface area contributed by atoms with Gasteiger partial charge < -0.3 is 10.2 Å². The summed E-state index contributed by atoms with van der Waals surface area (Å²) in [7, 11) is 0. The standard InChI is InChI=1S/C25H28O4/c1-13-8-9-15-16(10-13)21(27)23(29)19(20(15)26)14-11-17(24(2,3)4)22(28)18(12-14)25(5,6)7/h8-12,26,28H,1-7H3. The molecule has 0 bridgehead atoms. The number of phenolic OH excluding ortho intramolecular Hbond substituents is 1. The number of aliphatic hydroxyl groups excluding tert-OH is 1. The summed E-state index contributed by atoms with van der Waals surface area (Å²) in [5.41, 5.74) is 2.39. The van der Waals surface area contributed by atoms with E-state index in [2.05, 4.69) is 0 Å². The zero-order valence-electron chi connectivity index (χ0n) is 18.1. The smallest absolute Gasteiger partial charge is 0.237 e. The number of hydrogen-bond acceptors (Lipinski definition) is 4. The van der Waals surface area contributed by atoms with E-state index >= 15 is 0 Å². The third-order valence-corrected chi connectivity index (χ3v) is 5.36. The topological polar surface area (TPSA) is 74.6 Å². The van der Waals surface area contributed by atoms with Gasteiger partial charge in [0.2, 0.25) is 11.6 Å². The monoisotopic (exact) mass is 392 g/mol. The van der Waals surface area contributed by atoms with Gasteiger partial charge in [-0.1, -0.05) is 59.2 Å². The Morgan fingerprint density at radius 2 is 1.24 bits per heavy atom. The first-order valence-corrected chi connectivity index (χ1v) is 9.75. The fraction of sp³-hybridized carbons (Fsp3) is 0.360. The van der Waals surface area contributed by atoms with Crippen LogP contribution in [0.15, 0.2) is 30.3 Å². The van der Waals surface area contributed by atoms with Gasteiger partial charge in [0, 0.05) is 22.3 Å². The molecule has 1 aliphatic carbocycles. The molecule has 0 amide bonds. The summed E-state index contributed by atoms with van der Waals surface area (Å²) in [6, 6.07) is 8.51. The average molecular weight is 392 g/mol. The van der Waals surface area contributed by atoms with Gasteiger partial charge in [0.1, 0.15) is 11.5 Å². The quantitative estimate of drug-likeness (QED) is 0.630. The van der Waals surface area contributed by atoms with Gasteiger partial charge in [0.25, 0.3) is 0 Å². The van der Waals surface area contributed by atoms with Crippen molar-refractivity contribution < 1.29 is 19.8 Å². The summed E-state index contributed by atoms with van der Waals surface area (Å²) in [4.78, 5) is 25.8. The van der Waals surface area contributed by atoms with Crippen molar-refractivity contribution in [1.82, 2.24) is 0 Å². The number of fused-ring (bicyclic) bond motifs is 1. The lowest BCUT2D eigenvalue weighted by Crippen LogP contribution is -2.24. The minimum atomic E-state index is -0.731. The highest BCUT2D eigenvalue weighted by Gasteiger charge is 2.36. The number of carbonyl (C=O) groups is 2. The van der Waals surface area contributed by atoms with Crippen molar-refractivity contribution in [1.29, 1.82) is 0 Å². The Kier molecular flexibility index (Phi) is 4.73. The fourth-order valence-electron chi connectivity index (χ4n) is 3.72. The van der Waals surface area contributed by atoms with Crippen LogP contribution in [0, 0.1) is 6.92 Å². The molecule has 0 spiro atoms. The highest BCUT2D eigenvalue weighted by molar-refractivity contribution is 6.62. The third-order valence-electron chi connectivity index (χ3n) is 5.36. The van der Waals surface area contributed by atoms with Gasteiger partial charge >= 0.3 is 0 Å². The first kappa shape index (κ1) is 20.8. The number of rotatable bonds is 1. The molecule has 0 fully saturated rings. The molecule has 4 nitrogen and oxygen atoms in total. The number of carbonyl (C=O) groups excluding carboxylic acids is 2. The summed E-state index contributed by atoms with van der Waals surface area (Å²) in [6.45, 7) is 13.7. The van der Waals surface area contributed by atoms with Gasteiger partial charge in [-0.2, -0.15) is 0 Å². The van der Waals surface area contributed by atoms with Crippen molar-refractivity contribution in [2.24, 2.45) is 0 Å². The molecule has 152 valence electrons. The number of ketones is 2. The number of phenols is 1. The Bertz CT molecular complexity index is 1040. The highest BCUT2D eigenvalue weighted by Crippen LogP contribution is 2.43. The SMILES string of the molecule is Cc1ccc2c(c1)C(=O)C(=O)C(c1cc(C(C)(C)C)c(O)c(C(C)(C)C)c1)=C2O. The third kappa shape index (κ3) is 3.48. The van der Waals surface area contributed by atoms with Crippen molar-refractivity contribution in [2.75, 3.05) is 0 Å². The number of benzene rings is 2. The molecule has 0 saturated heterocycles. The van der Waals surface area contributed by atoms with E-state index in [-0.39, 0.29) is 22.6 Å². The molecule has 2 aromatic rings. The van der Waals surface area contributed by atoms with Crippen LogP contribution in [0.25, 0.3) is 11.3 Å². The van der Waals surface area contributed by atoms with Gasteiger partial charge in [-0.3, -0.25) is 9.59 Å². The van der Waals surface area contributed by atoms with E-state index in [0.717, 1.165) is 5.56 Å². The van der Waals surface area contributed by atoms with E-state index in [1.165, 1.54) is 0 Å². The molecule has 2 aromatic carbocycles. The molecule has 2 N–H and O–H groups in total. The van der Waals surface area contributed by atoms with Crippen molar-refractivity contribution >= 4 is 22.9 Å². The maximum absolute atomic E-state index is 13.0. The largest absolute Gasteiger partial charge is 0.507 e. The lowest BCUT2D eigenvalue weighted by molar-refractivity contribution is -0.110. The lowest BCUT2D eigenvalue weighted by Gasteiger charge is -2.29. The van der Waals surface area contributed by atoms with Crippen LogP contribution in [-0.4, -0.2) is 21.8 Å². The van der Waals surface area contributed by atoms with E-state index in [0.29, 0.717) is 22.3 Å². The maximum Gasteiger partial charge on any atom is 0.237 e. The molecule has 0 saturated carbocycles. The Balaban J connectivity index is 2.38. The van der Waals surface area contributed by atoms with E-state index < -0.39 is 22.4 Å². The van der Waals surface area contributed by atoms with Crippen LogP contribution in [0.1, 0.15) is 79.7 Å². The van der Waals surface area contributed by atoms with Crippen molar-refractivity contribution in [3.8, 4) is 5.75 Å². The van der Waals surface area contributed by atoms with Crippen molar-refractivity contribution in [3.63, 3.8) is 0 Å². The number of aryl methyl sites for hydroxylation is 1. The van der Waals surface area contributed by atoms with Crippen LogP contribution in [0.3, 0.4) is 0 Å². The van der Waals surface area contributed by atoms with Crippen molar-refractivity contribution in [3.05, 3.63) is 63.7 Å². The summed E-state index contributed by atoms with van der Waals surface area (Å²) >= 11 is 0. The molecule has 0 aromatic heterocycles. The summed E-state index contributed by atoms with van der Waals surface area (Å²) in [5, 5.41) is 21.9. The molecule has 1 aliphatic rings. The Hall–Kier alpha value is -2.88. The molecule has 0 radical (unpaired) electrons. The average Bonchev–Trinajstić information content (AvgIpc) is 2.59. The number of aliphatic hydroxyl groups is 1. The molecule has 3 rings (SSSR count). The van der Waals surface area contributed by atoms with Crippen LogP contribution in [-0.2, 0) is 15.6 Å². The molecular formula is C25H28O4. The maximum atomic E-state index is 13.0. The molecule has 0 heterocycles. The van der Waals surface area contributed by atoms with Gasteiger partial charge in [0.05, 0.1) is 5.57 Å². The minimum Gasteiger partial charge on any atom is -0.507 e. The second-order valence-corrected chi connectivity index (χ2v) is 9.85. The number of Topliss-reactive ketones (excluding diaryl/α,β-unsaturated/α-hetero) is 2. The second-order valence-electron chi connectivity index (χ2n) is 9.85. The zero-order valence-corrected chi connectivity index (χ0v) is 18.1. The van der Waals surface area contributed by atoms with Crippen LogP contribution in [0.5, 0.6) is 5.75 Å². The molecule has 0 aliphatic heterocycles. The first-order valence-electron chi connectivity index (χ1n) is 9.75. The normalized spacial score (nSPS) is 15.0. The number of hydrogen-bond donors (Lipinski definition) is 2. The fourth-order valence-corrected chi connectivity index (χ4v) is 3.72. The molecular weight excluding hydrogens is 364 g/mol. The van der Waals surface area contributed by atoms with Gasteiger partial charge in [-0.25, -0.2) is 0 Å². The summed E-state index contributed by atoms with van der Waals surface area (Å²) in [5.74, 6) is -1.38. The van der Waals surface area contributed by atoms with Crippen LogP contribution in [0.2, 0.25) is 0 Å². The Labute approximate surface area is 171 Å². The highest BCUT2D eigenvalue weighted by atomic mass is 16.3. The Morgan fingerprint density at radius 3 is 1.72 bits per heavy atom. The Morgan fingerprint density at radius 1 is 0.724 bits per heavy atom. The van der Waals surface area contributed by atoms with Gasteiger partial charge in [-0.15, -0.1) is 0 Å². The molecule has 0 atom stereocenters. The van der Waals surface area contributed by atoms with Crippen molar-refractivity contribution in [2.45, 2.75) is 59.3 Å². The molecule has 0 unspecified atom stereocenters. The second kappa shape index (κ2) is 6.58. The van der Waals surface area contributed by atoms with E-state index in [1.54, 1.807) is 30.3 Å². The molecule has 4 heteroatoms. The van der Waals surface area contributed by atoms with E-state index in [1.807, 2.05) is 48.5 Å². The summed E-state index contributed by atoms with van der Waals surface area (Å²) < 4.78 is 0. The predicted octanol–water partition coefficient (Wildman–Crippen LogP) is 5.49. The summed E-state index contributed by atoms with van der Waals surface area (Å²) in [6.07, 6.45) is 0. The number of allylic oxidation sites excluding steroid dienone is 1. The minimum absolute atomic E-state index is 0.0117. The predicted molar refractivity (Wildman–Crippen MR) is 115 cm³/mol. The zero-order chi connectivity index (χ0) is 21.9. The van der Waals surface area contributed by atoms with E-state index in [9.17, 15) is 19.8 Å². The van der Waals surface area contributed by atoms with Gasteiger partial charge in [0.15, 0.2) is 0 Å². The van der Waals surface area contributed by atoms with E-state index in [4.69, 9.17) is 0 Å². The molecule has 29 heavy (non-hydrogen) atoms. The number of aromatic hydroxyl groups is 1. The lowest BCUT2D eigenvalue weighted by atomic mass is 9.76. The van der Waals surface area contributed by atoms with Crippen LogP contribution >= 0.6 is 0 Å². The first-order chi connectivity index (χ1) is 13.2.